The Morgan fingerprint density at radius 1 is 1.24 bits per heavy atom. The van der Waals surface area contributed by atoms with Crippen LogP contribution in [0, 0.1) is 0 Å². The minimum atomic E-state index is -0.443. The maximum Gasteiger partial charge on any atom is 0.256 e. The predicted octanol–water partition coefficient (Wildman–Crippen LogP) is 1.82. The third-order valence-corrected chi connectivity index (χ3v) is 4.02. The Morgan fingerprint density at radius 2 is 2.00 bits per heavy atom. The van der Waals surface area contributed by atoms with Gasteiger partial charge in [-0.3, -0.25) is 9.59 Å². The van der Waals surface area contributed by atoms with Gasteiger partial charge >= 0.3 is 0 Å². The number of hydrogen-bond donors (Lipinski definition) is 2. The van der Waals surface area contributed by atoms with E-state index in [4.69, 9.17) is 0 Å². The number of nitrogens with zero attached hydrogens (tertiary/aromatic N) is 1. The number of amides is 2. The molecule has 1 aliphatic rings. The van der Waals surface area contributed by atoms with E-state index in [0.717, 1.165) is 0 Å². The van der Waals surface area contributed by atoms with Gasteiger partial charge in [-0.15, -0.1) is 0 Å². The average Bonchev–Trinajstić information content (AvgIpc) is 2.98. The van der Waals surface area contributed by atoms with Gasteiger partial charge in [0.15, 0.2) is 0 Å². The lowest BCUT2D eigenvalue weighted by atomic mass is 10.1. The first kappa shape index (κ1) is 13.8. The van der Waals surface area contributed by atoms with E-state index in [1.54, 1.807) is 40.6 Å². The second-order valence-corrected chi connectivity index (χ2v) is 5.66. The van der Waals surface area contributed by atoms with Crippen molar-refractivity contribution in [3.63, 3.8) is 0 Å². The van der Waals surface area contributed by atoms with Gasteiger partial charge in [-0.1, -0.05) is 12.1 Å². The number of β-amino-alcohol motifs (C(OH)–C–C–N with tert-alkyl or cyclic N) is 1. The summed E-state index contributed by atoms with van der Waals surface area (Å²) in [6.45, 7) is 0.678. The smallest absolute Gasteiger partial charge is 0.256 e. The zero-order valence-corrected chi connectivity index (χ0v) is 12.0. The molecule has 0 unspecified atom stereocenters. The van der Waals surface area contributed by atoms with Crippen molar-refractivity contribution in [1.29, 1.82) is 0 Å². The lowest BCUT2D eigenvalue weighted by Crippen LogP contribution is -2.53. The van der Waals surface area contributed by atoms with Crippen molar-refractivity contribution in [1.82, 2.24) is 4.90 Å². The van der Waals surface area contributed by atoms with Crippen LogP contribution >= 0.6 is 11.3 Å². The Morgan fingerprint density at radius 3 is 2.67 bits per heavy atom. The molecular weight excluding hydrogens is 288 g/mol. The topological polar surface area (TPSA) is 69.6 Å². The number of benzene rings is 1. The van der Waals surface area contributed by atoms with Crippen molar-refractivity contribution in [2.45, 2.75) is 6.10 Å². The van der Waals surface area contributed by atoms with E-state index in [1.807, 2.05) is 5.38 Å². The maximum atomic E-state index is 12.3. The molecule has 2 aromatic rings. The zero-order chi connectivity index (χ0) is 14.8. The molecule has 21 heavy (non-hydrogen) atoms. The van der Waals surface area contributed by atoms with Gasteiger partial charge in [-0.25, -0.2) is 0 Å². The van der Waals surface area contributed by atoms with Crippen LogP contribution in [0.3, 0.4) is 0 Å². The Kier molecular flexibility index (Phi) is 3.72. The number of para-hydroxylation sites is 1. The van der Waals surface area contributed by atoms with Crippen molar-refractivity contribution in [3.05, 3.63) is 52.2 Å². The van der Waals surface area contributed by atoms with E-state index in [9.17, 15) is 14.7 Å². The van der Waals surface area contributed by atoms with Crippen molar-refractivity contribution >= 4 is 28.8 Å². The molecule has 1 saturated heterocycles. The minimum Gasteiger partial charge on any atom is -0.389 e. The lowest BCUT2D eigenvalue weighted by molar-refractivity contribution is 0.00596. The summed E-state index contributed by atoms with van der Waals surface area (Å²) in [6.07, 6.45) is -0.443. The largest absolute Gasteiger partial charge is 0.389 e. The molecule has 0 radical (unpaired) electrons. The van der Waals surface area contributed by atoms with Gasteiger partial charge in [-0.2, -0.15) is 11.3 Å². The van der Waals surface area contributed by atoms with Crippen LogP contribution in [0.25, 0.3) is 0 Å². The molecule has 1 aromatic heterocycles. The fourth-order valence-corrected chi connectivity index (χ4v) is 2.79. The van der Waals surface area contributed by atoms with Crippen LogP contribution in [-0.4, -0.2) is 41.0 Å². The highest BCUT2D eigenvalue weighted by Crippen LogP contribution is 2.21. The molecule has 1 aliphatic heterocycles. The minimum absolute atomic E-state index is 0.179. The molecule has 2 N–H and O–H groups in total. The number of anilines is 1. The Hall–Kier alpha value is -2.18. The maximum absolute atomic E-state index is 12.3. The molecule has 0 bridgehead atoms. The number of hydrogen-bond acceptors (Lipinski definition) is 4. The van der Waals surface area contributed by atoms with E-state index in [-0.39, 0.29) is 11.8 Å². The number of likely N-dealkylation sites (tertiary alicyclic amines) is 1. The Bertz CT molecular complexity index is 663. The molecule has 0 aliphatic carbocycles. The summed E-state index contributed by atoms with van der Waals surface area (Å²) in [5.41, 5.74) is 1.50. The number of nitrogens with one attached hydrogen (secondary N) is 1. The SMILES string of the molecule is O=C(Nc1ccccc1C(=O)N1CC(O)C1)c1ccsc1. The van der Waals surface area contributed by atoms with Crippen molar-refractivity contribution < 1.29 is 14.7 Å². The summed E-state index contributed by atoms with van der Waals surface area (Å²) in [4.78, 5) is 26.0. The third-order valence-electron chi connectivity index (χ3n) is 3.34. The van der Waals surface area contributed by atoms with Gasteiger partial charge in [0.2, 0.25) is 0 Å². The molecule has 1 fully saturated rings. The average molecular weight is 302 g/mol. The van der Waals surface area contributed by atoms with E-state index < -0.39 is 6.10 Å². The van der Waals surface area contributed by atoms with Crippen molar-refractivity contribution in [2.75, 3.05) is 18.4 Å². The zero-order valence-electron chi connectivity index (χ0n) is 11.2. The van der Waals surface area contributed by atoms with Crippen LogP contribution in [0.4, 0.5) is 5.69 Å². The molecule has 0 atom stereocenters. The van der Waals surface area contributed by atoms with Crippen LogP contribution in [0.5, 0.6) is 0 Å². The van der Waals surface area contributed by atoms with Gasteiger partial charge in [0.1, 0.15) is 0 Å². The molecule has 0 saturated carbocycles. The highest BCUT2D eigenvalue weighted by Gasteiger charge is 2.30. The highest BCUT2D eigenvalue weighted by molar-refractivity contribution is 7.08. The quantitative estimate of drug-likeness (QED) is 0.908. The first-order valence-corrected chi connectivity index (χ1v) is 7.49. The van der Waals surface area contributed by atoms with Crippen molar-refractivity contribution in [2.24, 2.45) is 0 Å². The number of thiophene rings is 1. The number of aliphatic hydroxyl groups excluding tert-OH is 1. The van der Waals surface area contributed by atoms with Gasteiger partial charge in [0.05, 0.1) is 22.9 Å². The van der Waals surface area contributed by atoms with Gasteiger partial charge in [0.25, 0.3) is 11.8 Å². The Labute approximate surface area is 125 Å². The normalized spacial score (nSPS) is 14.6. The van der Waals surface area contributed by atoms with Gasteiger partial charge in [0, 0.05) is 18.5 Å². The van der Waals surface area contributed by atoms with E-state index in [0.29, 0.717) is 29.9 Å². The predicted molar refractivity (Wildman–Crippen MR) is 80.6 cm³/mol. The van der Waals surface area contributed by atoms with Gasteiger partial charge in [-0.05, 0) is 23.6 Å². The molecule has 6 heteroatoms. The summed E-state index contributed by atoms with van der Waals surface area (Å²) in [5.74, 6) is -0.415. The van der Waals surface area contributed by atoms with Crippen LogP contribution in [0.1, 0.15) is 20.7 Å². The van der Waals surface area contributed by atoms with Crippen LogP contribution in [-0.2, 0) is 0 Å². The second kappa shape index (κ2) is 5.67. The van der Waals surface area contributed by atoms with Crippen LogP contribution in [0.2, 0.25) is 0 Å². The van der Waals surface area contributed by atoms with Gasteiger partial charge < -0.3 is 15.3 Å². The van der Waals surface area contributed by atoms with E-state index in [1.165, 1.54) is 11.3 Å². The fourth-order valence-electron chi connectivity index (χ4n) is 2.16. The van der Waals surface area contributed by atoms with E-state index in [2.05, 4.69) is 5.32 Å². The summed E-state index contributed by atoms with van der Waals surface area (Å²) in [5, 5.41) is 15.6. The number of rotatable bonds is 3. The second-order valence-electron chi connectivity index (χ2n) is 4.88. The first-order chi connectivity index (χ1) is 10.1. The van der Waals surface area contributed by atoms with Crippen molar-refractivity contribution in [3.8, 4) is 0 Å². The monoisotopic (exact) mass is 302 g/mol. The molecule has 3 rings (SSSR count). The highest BCUT2D eigenvalue weighted by atomic mass is 32.1. The number of carbonyl (C=O) groups excluding carboxylic acids is 2. The Balaban J connectivity index is 1.79. The molecule has 5 nitrogen and oxygen atoms in total. The molecular formula is C15H14N2O3S. The summed E-state index contributed by atoms with van der Waals surface area (Å²) >= 11 is 1.44. The molecule has 2 heterocycles. The molecule has 1 aromatic carbocycles. The van der Waals surface area contributed by atoms with E-state index >= 15 is 0 Å². The number of carbonyl (C=O) groups is 2. The summed E-state index contributed by atoms with van der Waals surface area (Å²) < 4.78 is 0. The summed E-state index contributed by atoms with van der Waals surface area (Å²) in [7, 11) is 0. The van der Waals surface area contributed by atoms with Crippen LogP contribution in [0.15, 0.2) is 41.1 Å². The first-order valence-electron chi connectivity index (χ1n) is 6.55. The molecule has 108 valence electrons. The molecule has 2 amide bonds. The summed E-state index contributed by atoms with van der Waals surface area (Å²) in [6, 6.07) is 8.63. The standard InChI is InChI=1S/C15H14N2O3S/c18-11-7-17(8-11)15(20)12-3-1-2-4-13(12)16-14(19)10-5-6-21-9-10/h1-6,9,11,18H,7-8H2,(H,16,19). The third kappa shape index (κ3) is 2.81. The van der Waals surface area contributed by atoms with Crippen LogP contribution < -0.4 is 5.32 Å². The number of aliphatic hydroxyl groups is 1. The fraction of sp³-hybridized carbons (Fsp3) is 0.200. The molecule has 0 spiro atoms. The lowest BCUT2D eigenvalue weighted by Gasteiger charge is -2.36.